The smallest absolute Gasteiger partial charge is 0.117 e. The van der Waals surface area contributed by atoms with Crippen LogP contribution >= 0.6 is 0 Å². The van der Waals surface area contributed by atoms with Crippen molar-refractivity contribution in [2.24, 2.45) is 34.0 Å². The Morgan fingerprint density at radius 2 is 2.00 bits per heavy atom. The van der Waals surface area contributed by atoms with Gasteiger partial charge in [0.15, 0.2) is 0 Å². The highest BCUT2D eigenvalue weighted by Crippen LogP contribution is 2.75. The van der Waals surface area contributed by atoms with Crippen LogP contribution in [0, 0.1) is 34.0 Å². The van der Waals surface area contributed by atoms with E-state index in [0.717, 1.165) is 24.6 Å². The molecule has 1 N–H and O–H groups in total. The molecule has 0 aromatic rings. The summed E-state index contributed by atoms with van der Waals surface area (Å²) >= 11 is 0. The van der Waals surface area contributed by atoms with E-state index in [1.807, 2.05) is 0 Å². The van der Waals surface area contributed by atoms with Crippen molar-refractivity contribution >= 4 is 0 Å². The van der Waals surface area contributed by atoms with Crippen molar-refractivity contribution in [1.82, 2.24) is 4.90 Å². The maximum atomic E-state index is 11.3. The summed E-state index contributed by atoms with van der Waals surface area (Å²) in [5, 5.41) is 11.3. The summed E-state index contributed by atoms with van der Waals surface area (Å²) in [6.45, 7) is 10.2. The van der Waals surface area contributed by atoms with E-state index in [4.69, 9.17) is 4.74 Å². The number of hydrogen-bond acceptors (Lipinski definition) is 3. The second-order valence-electron chi connectivity index (χ2n) is 10.6. The number of nitrogens with zero attached hydrogens (tertiary/aromatic N) is 1. The van der Waals surface area contributed by atoms with E-state index in [-0.39, 0.29) is 11.5 Å². The average Bonchev–Trinajstić information content (AvgIpc) is 3.06. The third-order valence-corrected chi connectivity index (χ3v) is 10.00. The van der Waals surface area contributed by atoms with Gasteiger partial charge in [-0.15, -0.1) is 0 Å². The van der Waals surface area contributed by atoms with E-state index in [2.05, 4.69) is 18.4 Å². The van der Waals surface area contributed by atoms with Gasteiger partial charge in [-0.3, -0.25) is 4.90 Å². The van der Waals surface area contributed by atoms with Gasteiger partial charge in [0, 0.05) is 23.9 Å². The van der Waals surface area contributed by atoms with Crippen molar-refractivity contribution in [1.29, 1.82) is 0 Å². The number of aliphatic hydroxyl groups excluding tert-OH is 1. The average molecular weight is 344 g/mol. The van der Waals surface area contributed by atoms with E-state index in [0.29, 0.717) is 28.9 Å². The van der Waals surface area contributed by atoms with Crippen molar-refractivity contribution in [2.45, 2.75) is 70.6 Å². The maximum Gasteiger partial charge on any atom is 0.117 e. The summed E-state index contributed by atoms with van der Waals surface area (Å²) in [6, 6.07) is 0. The minimum Gasteiger partial charge on any atom is -0.388 e. The highest BCUT2D eigenvalue weighted by Gasteiger charge is 2.73. The van der Waals surface area contributed by atoms with Gasteiger partial charge in [-0.25, -0.2) is 0 Å². The van der Waals surface area contributed by atoms with E-state index in [1.165, 1.54) is 57.9 Å². The van der Waals surface area contributed by atoms with Gasteiger partial charge in [0.1, 0.15) is 6.23 Å². The molecule has 0 aromatic heterocycles. The van der Waals surface area contributed by atoms with Gasteiger partial charge >= 0.3 is 0 Å². The van der Waals surface area contributed by atoms with Crippen molar-refractivity contribution < 1.29 is 9.84 Å². The number of piperidine rings is 1. The molecule has 2 heterocycles. The SMILES string of the molecule is C=C1[C@H]2CC[C@@]3(CC[C@@H]4C5(C)CCC[C@@]4(C4OCCN4C5)[C@@H]3C2)[C@H]1O. The normalized spacial score (nSPS) is 60.1. The van der Waals surface area contributed by atoms with Gasteiger partial charge in [-0.2, -0.15) is 0 Å². The van der Waals surface area contributed by atoms with Gasteiger partial charge in [-0.1, -0.05) is 19.9 Å². The molecule has 4 bridgehead atoms. The molecule has 0 radical (unpaired) electrons. The van der Waals surface area contributed by atoms with Gasteiger partial charge in [0.25, 0.3) is 0 Å². The highest BCUT2D eigenvalue weighted by atomic mass is 16.5. The topological polar surface area (TPSA) is 32.7 Å². The molecular weight excluding hydrogens is 310 g/mol. The van der Waals surface area contributed by atoms with Crippen molar-refractivity contribution in [3.8, 4) is 0 Å². The molecule has 2 aliphatic heterocycles. The monoisotopic (exact) mass is 343 g/mol. The summed E-state index contributed by atoms with van der Waals surface area (Å²) < 4.78 is 6.49. The molecule has 1 spiro atoms. The molecule has 138 valence electrons. The first-order valence-corrected chi connectivity index (χ1v) is 10.7. The number of aliphatic hydroxyl groups is 1. The Labute approximate surface area is 151 Å². The number of fused-ring (bicyclic) bond motifs is 3. The largest absolute Gasteiger partial charge is 0.388 e. The molecule has 3 heteroatoms. The van der Waals surface area contributed by atoms with Crippen LogP contribution < -0.4 is 0 Å². The molecule has 5 aliphatic carbocycles. The molecular formula is C22H33NO2. The fraction of sp³-hybridized carbons (Fsp3) is 0.909. The maximum absolute atomic E-state index is 11.3. The van der Waals surface area contributed by atoms with Gasteiger partial charge in [0.2, 0.25) is 0 Å². The van der Waals surface area contributed by atoms with Crippen LogP contribution in [0.4, 0.5) is 0 Å². The number of rotatable bonds is 0. The van der Waals surface area contributed by atoms with Crippen LogP contribution in [-0.4, -0.2) is 42.0 Å². The highest BCUT2D eigenvalue weighted by molar-refractivity contribution is 5.28. The van der Waals surface area contributed by atoms with Crippen LogP contribution in [0.25, 0.3) is 0 Å². The number of hydrogen-bond donors (Lipinski definition) is 1. The molecule has 0 amide bonds. The van der Waals surface area contributed by atoms with Crippen LogP contribution in [0.5, 0.6) is 0 Å². The van der Waals surface area contributed by atoms with Crippen molar-refractivity contribution in [2.75, 3.05) is 19.7 Å². The molecule has 8 atom stereocenters. The van der Waals surface area contributed by atoms with Crippen LogP contribution in [-0.2, 0) is 4.74 Å². The van der Waals surface area contributed by atoms with Crippen LogP contribution in [0.3, 0.4) is 0 Å². The molecule has 7 fully saturated rings. The summed E-state index contributed by atoms with van der Waals surface area (Å²) in [7, 11) is 0. The lowest BCUT2D eigenvalue weighted by Gasteiger charge is -2.73. The molecule has 7 rings (SSSR count). The Bertz CT molecular complexity index is 634. The van der Waals surface area contributed by atoms with Gasteiger partial charge in [0.05, 0.1) is 12.7 Å². The van der Waals surface area contributed by atoms with Crippen LogP contribution in [0.15, 0.2) is 12.2 Å². The zero-order chi connectivity index (χ0) is 17.0. The first-order chi connectivity index (χ1) is 12.0. The predicted molar refractivity (Wildman–Crippen MR) is 96.8 cm³/mol. The van der Waals surface area contributed by atoms with Crippen LogP contribution in [0.1, 0.15) is 58.3 Å². The zero-order valence-corrected chi connectivity index (χ0v) is 15.7. The zero-order valence-electron chi connectivity index (χ0n) is 15.7. The van der Waals surface area contributed by atoms with Crippen molar-refractivity contribution in [3.63, 3.8) is 0 Å². The minimum absolute atomic E-state index is 0.107. The Balaban J connectivity index is 1.53. The Hall–Kier alpha value is -0.380. The Morgan fingerprint density at radius 1 is 1.16 bits per heavy atom. The minimum atomic E-state index is -0.259. The first kappa shape index (κ1) is 15.7. The van der Waals surface area contributed by atoms with E-state index >= 15 is 0 Å². The fourth-order valence-corrected chi connectivity index (χ4v) is 9.23. The molecule has 25 heavy (non-hydrogen) atoms. The summed E-state index contributed by atoms with van der Waals surface area (Å²) in [6.07, 6.45) is 10.4. The molecule has 3 nitrogen and oxygen atoms in total. The second-order valence-corrected chi connectivity index (χ2v) is 10.6. The van der Waals surface area contributed by atoms with E-state index < -0.39 is 0 Å². The Morgan fingerprint density at radius 3 is 2.88 bits per heavy atom. The van der Waals surface area contributed by atoms with E-state index in [9.17, 15) is 5.11 Å². The molecule has 2 saturated heterocycles. The number of ether oxygens (including phenoxy) is 1. The standard InChI is InChI=1S/C22H33NO2/c1-14-15-4-8-21(18(14)24)9-5-16-20(2)6-3-7-22(16,17(21)12-15)19-23(13-20)10-11-25-19/h15-19,24H,1,3-13H2,2H3/t15-,16+,17+,18-,19?,20?,21-,22-/m0/s1. The Kier molecular flexibility index (Phi) is 2.95. The van der Waals surface area contributed by atoms with E-state index in [1.54, 1.807) is 0 Å². The van der Waals surface area contributed by atoms with Crippen LogP contribution in [0.2, 0.25) is 0 Å². The first-order valence-electron chi connectivity index (χ1n) is 10.7. The molecule has 2 unspecified atom stereocenters. The molecule has 7 aliphatic rings. The molecule has 5 saturated carbocycles. The molecule has 0 aromatic carbocycles. The third kappa shape index (κ3) is 1.62. The van der Waals surface area contributed by atoms with Crippen molar-refractivity contribution in [3.05, 3.63) is 12.2 Å². The summed E-state index contributed by atoms with van der Waals surface area (Å²) in [4.78, 5) is 2.69. The second kappa shape index (κ2) is 4.72. The quantitative estimate of drug-likeness (QED) is 0.683. The van der Waals surface area contributed by atoms with Gasteiger partial charge in [-0.05, 0) is 73.7 Å². The third-order valence-electron chi connectivity index (χ3n) is 10.00. The van der Waals surface area contributed by atoms with Gasteiger partial charge < -0.3 is 9.84 Å². The summed E-state index contributed by atoms with van der Waals surface area (Å²) in [5.41, 5.74) is 2.02. The summed E-state index contributed by atoms with van der Waals surface area (Å²) in [5.74, 6) is 1.99. The lowest BCUT2D eigenvalue weighted by molar-refractivity contribution is -0.290. The lowest BCUT2D eigenvalue weighted by Crippen LogP contribution is -2.73. The lowest BCUT2D eigenvalue weighted by atomic mass is 9.34. The predicted octanol–water partition coefficient (Wildman–Crippen LogP) is 3.58. The fourth-order valence-electron chi connectivity index (χ4n) is 9.23.